The van der Waals surface area contributed by atoms with Crippen LogP contribution in [0.15, 0.2) is 18.2 Å². The van der Waals surface area contributed by atoms with Crippen molar-refractivity contribution in [3.63, 3.8) is 0 Å². The van der Waals surface area contributed by atoms with Crippen LogP contribution in [0.2, 0.25) is 0 Å². The summed E-state index contributed by atoms with van der Waals surface area (Å²) < 4.78 is 5.42. The van der Waals surface area contributed by atoms with E-state index in [0.717, 1.165) is 36.4 Å². The molecule has 0 saturated carbocycles. The third kappa shape index (κ3) is 7.24. The fraction of sp³-hybridized carbons (Fsp3) is 0.636. The highest BCUT2D eigenvalue weighted by Gasteiger charge is 2.25. The minimum atomic E-state index is -0.474. The van der Waals surface area contributed by atoms with Crippen LogP contribution in [0.25, 0.3) is 0 Å². The largest absolute Gasteiger partial charge is 0.444 e. The minimum absolute atomic E-state index is 0.186. The fourth-order valence-electron chi connectivity index (χ4n) is 3.31. The summed E-state index contributed by atoms with van der Waals surface area (Å²) in [7, 11) is 0. The van der Waals surface area contributed by atoms with E-state index in [0.29, 0.717) is 25.6 Å². The van der Waals surface area contributed by atoms with Crippen LogP contribution in [-0.4, -0.2) is 66.8 Å². The van der Waals surface area contributed by atoms with Crippen LogP contribution in [0.1, 0.15) is 51.7 Å². The molecule has 7 nitrogen and oxygen atoms in total. The number of carbonyl (C=O) groups is 2. The zero-order valence-electron chi connectivity index (χ0n) is 18.7. The Hall–Kier alpha value is -2.28. The molecular weight excluding hydrogens is 368 g/mol. The van der Waals surface area contributed by atoms with E-state index in [9.17, 15) is 9.59 Å². The lowest BCUT2D eigenvalue weighted by molar-refractivity contribution is 0.0147. The van der Waals surface area contributed by atoms with Gasteiger partial charge in [0.25, 0.3) is 0 Å². The van der Waals surface area contributed by atoms with Crippen LogP contribution >= 0.6 is 0 Å². The van der Waals surface area contributed by atoms with Gasteiger partial charge in [0.15, 0.2) is 0 Å². The van der Waals surface area contributed by atoms with Crippen molar-refractivity contribution in [2.45, 2.75) is 53.1 Å². The summed E-state index contributed by atoms with van der Waals surface area (Å²) in [5, 5.41) is 5.94. The number of urea groups is 1. The normalized spacial score (nSPS) is 15.3. The second-order valence-corrected chi connectivity index (χ2v) is 8.88. The van der Waals surface area contributed by atoms with E-state index < -0.39 is 5.60 Å². The van der Waals surface area contributed by atoms with E-state index in [1.54, 1.807) is 4.90 Å². The third-order valence-corrected chi connectivity index (χ3v) is 4.90. The maximum absolute atomic E-state index is 12.3. The Labute approximate surface area is 174 Å². The highest BCUT2D eigenvalue weighted by molar-refractivity contribution is 5.91. The number of hydrogen-bond donors (Lipinski definition) is 2. The quantitative estimate of drug-likeness (QED) is 0.783. The number of carbonyl (C=O) groups excluding carboxylic acids is 2. The van der Waals surface area contributed by atoms with E-state index in [-0.39, 0.29) is 12.1 Å². The molecule has 1 aliphatic rings. The van der Waals surface area contributed by atoms with Crippen LogP contribution < -0.4 is 10.6 Å². The molecule has 0 unspecified atom stereocenters. The molecule has 3 amide bonds. The molecule has 2 N–H and O–H groups in total. The van der Waals surface area contributed by atoms with Crippen molar-refractivity contribution in [1.82, 2.24) is 15.1 Å². The fourth-order valence-corrected chi connectivity index (χ4v) is 3.31. The lowest BCUT2D eigenvalue weighted by Crippen LogP contribution is -2.51. The summed E-state index contributed by atoms with van der Waals surface area (Å²) in [5.74, 6) is 0.339. The first-order valence-electron chi connectivity index (χ1n) is 10.4. The van der Waals surface area contributed by atoms with E-state index >= 15 is 0 Å². The molecule has 1 saturated heterocycles. The topological polar surface area (TPSA) is 73.9 Å². The first kappa shape index (κ1) is 23.0. The number of aryl methyl sites for hydroxylation is 1. The number of nitrogens with zero attached hydrogens (tertiary/aromatic N) is 2. The van der Waals surface area contributed by atoms with Crippen molar-refractivity contribution in [2.24, 2.45) is 0 Å². The van der Waals surface area contributed by atoms with E-state index in [2.05, 4.69) is 35.4 Å². The molecule has 29 heavy (non-hydrogen) atoms. The van der Waals surface area contributed by atoms with Crippen LogP contribution in [-0.2, 0) is 4.74 Å². The van der Waals surface area contributed by atoms with Gasteiger partial charge in [0.1, 0.15) is 5.60 Å². The number of nitrogens with one attached hydrogen (secondary N) is 2. The van der Waals surface area contributed by atoms with Crippen LogP contribution in [0.3, 0.4) is 0 Å². The first-order valence-corrected chi connectivity index (χ1v) is 10.4. The average molecular weight is 405 g/mol. The Morgan fingerprint density at radius 1 is 1.14 bits per heavy atom. The van der Waals surface area contributed by atoms with Crippen LogP contribution in [0.5, 0.6) is 0 Å². The summed E-state index contributed by atoms with van der Waals surface area (Å²) >= 11 is 0. The average Bonchev–Trinajstić information content (AvgIpc) is 2.62. The van der Waals surface area contributed by atoms with Gasteiger partial charge in [0.05, 0.1) is 0 Å². The third-order valence-electron chi connectivity index (χ3n) is 4.90. The second kappa shape index (κ2) is 9.96. The van der Waals surface area contributed by atoms with E-state index in [1.807, 2.05) is 39.8 Å². The predicted octanol–water partition coefficient (Wildman–Crippen LogP) is 3.79. The molecule has 1 heterocycles. The van der Waals surface area contributed by atoms with Crippen LogP contribution in [0, 0.1) is 6.92 Å². The predicted molar refractivity (Wildman–Crippen MR) is 117 cm³/mol. The van der Waals surface area contributed by atoms with E-state index in [1.165, 1.54) is 0 Å². The molecule has 0 aliphatic carbocycles. The van der Waals surface area contributed by atoms with Gasteiger partial charge in [-0.05, 0) is 44.7 Å². The summed E-state index contributed by atoms with van der Waals surface area (Å²) in [5.41, 5.74) is 2.62. The smallest absolute Gasteiger partial charge is 0.410 e. The number of benzene rings is 1. The van der Waals surface area contributed by atoms with Gasteiger partial charge in [-0.1, -0.05) is 32.0 Å². The van der Waals surface area contributed by atoms with Gasteiger partial charge in [-0.2, -0.15) is 0 Å². The van der Waals surface area contributed by atoms with Gasteiger partial charge in [0, 0.05) is 45.0 Å². The zero-order chi connectivity index (χ0) is 21.6. The van der Waals surface area contributed by atoms with Crippen LogP contribution in [0.4, 0.5) is 15.3 Å². The molecule has 1 aromatic carbocycles. The van der Waals surface area contributed by atoms with Gasteiger partial charge < -0.3 is 20.3 Å². The Bertz CT molecular complexity index is 704. The molecule has 7 heteroatoms. The number of hydrogen-bond acceptors (Lipinski definition) is 4. The highest BCUT2D eigenvalue weighted by atomic mass is 16.6. The molecule has 0 bridgehead atoms. The molecule has 0 spiro atoms. The summed E-state index contributed by atoms with van der Waals surface area (Å²) in [6, 6.07) is 5.89. The minimum Gasteiger partial charge on any atom is -0.444 e. The summed E-state index contributed by atoms with van der Waals surface area (Å²) in [6.45, 7) is 16.0. The molecule has 0 radical (unpaired) electrons. The molecular formula is C22H36N4O3. The number of para-hydroxylation sites is 1. The van der Waals surface area contributed by atoms with Gasteiger partial charge in [-0.15, -0.1) is 0 Å². The first-order chi connectivity index (χ1) is 13.6. The van der Waals surface area contributed by atoms with Crippen molar-refractivity contribution in [1.29, 1.82) is 0 Å². The van der Waals surface area contributed by atoms with Crippen molar-refractivity contribution in [2.75, 3.05) is 44.6 Å². The van der Waals surface area contributed by atoms with Crippen molar-refractivity contribution in [3.8, 4) is 0 Å². The maximum atomic E-state index is 12.3. The monoisotopic (exact) mass is 404 g/mol. The molecule has 1 aliphatic heterocycles. The van der Waals surface area contributed by atoms with Crippen molar-refractivity contribution < 1.29 is 14.3 Å². The van der Waals surface area contributed by atoms with Crippen molar-refractivity contribution >= 4 is 17.8 Å². The molecule has 2 rings (SSSR count). The molecule has 0 aromatic heterocycles. The van der Waals surface area contributed by atoms with Crippen molar-refractivity contribution in [3.05, 3.63) is 29.3 Å². The molecule has 1 aromatic rings. The number of piperazine rings is 1. The SMILES string of the molecule is Cc1cccc(C(C)C)c1NC(=O)NCCN1CCN(C(=O)OC(C)(C)C)CC1. The zero-order valence-corrected chi connectivity index (χ0v) is 18.7. The number of rotatable bonds is 5. The summed E-state index contributed by atoms with van der Waals surface area (Å²) in [6.07, 6.45) is -0.256. The Kier molecular flexibility index (Phi) is 7.90. The van der Waals surface area contributed by atoms with Gasteiger partial charge >= 0.3 is 12.1 Å². The second-order valence-electron chi connectivity index (χ2n) is 8.88. The number of amides is 3. The molecule has 1 fully saturated rings. The van der Waals surface area contributed by atoms with Gasteiger partial charge in [0.2, 0.25) is 0 Å². The Balaban J connectivity index is 1.74. The number of ether oxygens (including phenoxy) is 1. The lowest BCUT2D eigenvalue weighted by Gasteiger charge is -2.35. The molecule has 0 atom stereocenters. The van der Waals surface area contributed by atoms with Gasteiger partial charge in [-0.3, -0.25) is 4.90 Å². The highest BCUT2D eigenvalue weighted by Crippen LogP contribution is 2.27. The Morgan fingerprint density at radius 3 is 2.38 bits per heavy atom. The lowest BCUT2D eigenvalue weighted by atomic mass is 9.98. The molecule has 162 valence electrons. The number of anilines is 1. The van der Waals surface area contributed by atoms with Gasteiger partial charge in [-0.25, -0.2) is 9.59 Å². The standard InChI is InChI=1S/C22H36N4O3/c1-16(2)18-9-7-8-17(3)19(18)24-20(27)23-10-11-25-12-14-26(15-13-25)21(28)29-22(4,5)6/h7-9,16H,10-15H2,1-6H3,(H2,23,24,27). The van der Waals surface area contributed by atoms with E-state index in [4.69, 9.17) is 4.74 Å². The summed E-state index contributed by atoms with van der Waals surface area (Å²) in [4.78, 5) is 28.5. The Morgan fingerprint density at radius 2 is 1.79 bits per heavy atom. The maximum Gasteiger partial charge on any atom is 0.410 e.